The second-order valence-corrected chi connectivity index (χ2v) is 3.32. The van der Waals surface area contributed by atoms with E-state index in [1.54, 1.807) is 6.07 Å². The molecule has 0 aliphatic heterocycles. The normalized spacial score (nSPS) is 11.5. The zero-order chi connectivity index (χ0) is 12.5. The van der Waals surface area contributed by atoms with Crippen molar-refractivity contribution in [1.82, 2.24) is 9.55 Å². The molecule has 0 saturated carbocycles. The molecule has 0 saturated heterocycles. The van der Waals surface area contributed by atoms with Crippen LogP contribution in [-0.4, -0.2) is 15.8 Å². The predicted molar refractivity (Wildman–Crippen MR) is 54.0 cm³/mol. The van der Waals surface area contributed by atoms with Crippen LogP contribution in [0.25, 0.3) is 5.82 Å². The first kappa shape index (κ1) is 11.4. The van der Waals surface area contributed by atoms with Crippen molar-refractivity contribution >= 4 is 6.29 Å². The molecule has 2 aromatic heterocycles. The van der Waals surface area contributed by atoms with Gasteiger partial charge >= 0.3 is 6.18 Å². The Balaban J connectivity index is 2.51. The Kier molecular flexibility index (Phi) is 2.71. The van der Waals surface area contributed by atoms with Crippen molar-refractivity contribution < 1.29 is 18.0 Å². The van der Waals surface area contributed by atoms with Gasteiger partial charge in [0.25, 0.3) is 0 Å². The molecule has 0 radical (unpaired) electrons. The summed E-state index contributed by atoms with van der Waals surface area (Å²) in [5.41, 5.74) is -0.551. The summed E-state index contributed by atoms with van der Waals surface area (Å²) in [7, 11) is 0. The average Bonchev–Trinajstić information content (AvgIpc) is 2.76. The van der Waals surface area contributed by atoms with Crippen molar-refractivity contribution in [3.8, 4) is 5.82 Å². The summed E-state index contributed by atoms with van der Waals surface area (Å²) < 4.78 is 38.8. The van der Waals surface area contributed by atoms with Gasteiger partial charge in [-0.2, -0.15) is 13.2 Å². The molecule has 17 heavy (non-hydrogen) atoms. The average molecular weight is 240 g/mol. The van der Waals surface area contributed by atoms with E-state index >= 15 is 0 Å². The zero-order valence-corrected chi connectivity index (χ0v) is 8.48. The lowest BCUT2D eigenvalue weighted by molar-refractivity contribution is -0.137. The Morgan fingerprint density at radius 3 is 2.71 bits per heavy atom. The first-order valence-corrected chi connectivity index (χ1v) is 4.68. The van der Waals surface area contributed by atoms with Crippen LogP contribution in [0.2, 0.25) is 0 Å². The van der Waals surface area contributed by atoms with Gasteiger partial charge in [-0.15, -0.1) is 0 Å². The highest BCUT2D eigenvalue weighted by molar-refractivity contribution is 5.73. The van der Waals surface area contributed by atoms with E-state index in [9.17, 15) is 18.0 Å². The lowest BCUT2D eigenvalue weighted by Crippen LogP contribution is -2.08. The van der Waals surface area contributed by atoms with E-state index in [4.69, 9.17) is 0 Å². The smallest absolute Gasteiger partial charge is 0.299 e. The molecule has 2 heterocycles. The first-order chi connectivity index (χ1) is 8.02. The van der Waals surface area contributed by atoms with Crippen LogP contribution in [0.4, 0.5) is 13.2 Å². The minimum Gasteiger partial charge on any atom is -0.299 e. The van der Waals surface area contributed by atoms with Gasteiger partial charge in [-0.25, -0.2) is 4.98 Å². The fraction of sp³-hybridized carbons (Fsp3) is 0.0909. The Labute approximate surface area is 94.5 Å². The topological polar surface area (TPSA) is 34.9 Å². The third-order valence-corrected chi connectivity index (χ3v) is 2.22. The van der Waals surface area contributed by atoms with Crippen molar-refractivity contribution in [2.75, 3.05) is 0 Å². The largest absolute Gasteiger partial charge is 0.416 e. The Hall–Kier alpha value is -2.11. The van der Waals surface area contributed by atoms with Crippen molar-refractivity contribution in [3.05, 3.63) is 47.9 Å². The number of pyridine rings is 1. The highest BCUT2D eigenvalue weighted by Gasteiger charge is 2.30. The number of hydrogen-bond acceptors (Lipinski definition) is 2. The van der Waals surface area contributed by atoms with Crippen molar-refractivity contribution in [2.45, 2.75) is 6.18 Å². The summed E-state index contributed by atoms with van der Waals surface area (Å²) in [4.78, 5) is 14.5. The summed E-state index contributed by atoms with van der Waals surface area (Å²) in [5, 5.41) is 0. The van der Waals surface area contributed by atoms with Gasteiger partial charge in [-0.05, 0) is 24.3 Å². The van der Waals surface area contributed by atoms with Crippen LogP contribution < -0.4 is 0 Å². The molecular formula is C11H7F3N2O. The molecule has 2 rings (SSSR count). The molecule has 0 bridgehead atoms. The molecule has 3 nitrogen and oxygen atoms in total. The van der Waals surface area contributed by atoms with Crippen LogP contribution >= 0.6 is 0 Å². The molecule has 0 amide bonds. The number of aromatic nitrogens is 2. The van der Waals surface area contributed by atoms with Crippen molar-refractivity contribution in [1.29, 1.82) is 0 Å². The third-order valence-electron chi connectivity index (χ3n) is 2.22. The van der Waals surface area contributed by atoms with Crippen LogP contribution in [0.15, 0.2) is 36.7 Å². The number of carbonyl (C=O) groups is 1. The molecule has 0 aliphatic carbocycles. The van der Waals surface area contributed by atoms with Gasteiger partial charge in [0.2, 0.25) is 0 Å². The van der Waals surface area contributed by atoms with E-state index < -0.39 is 11.7 Å². The van der Waals surface area contributed by atoms with Gasteiger partial charge in [0.15, 0.2) is 6.29 Å². The quantitative estimate of drug-likeness (QED) is 0.756. The molecule has 88 valence electrons. The second-order valence-electron chi connectivity index (χ2n) is 3.32. The second kappa shape index (κ2) is 4.04. The highest BCUT2D eigenvalue weighted by atomic mass is 19.4. The van der Waals surface area contributed by atoms with Gasteiger partial charge in [0.1, 0.15) is 5.82 Å². The van der Waals surface area contributed by atoms with Crippen LogP contribution in [0.1, 0.15) is 16.1 Å². The molecule has 0 atom stereocenters. The summed E-state index contributed by atoms with van der Waals surface area (Å²) >= 11 is 0. The minimum atomic E-state index is -4.42. The van der Waals surface area contributed by atoms with E-state index in [0.29, 0.717) is 6.29 Å². The number of nitrogens with zero attached hydrogens (tertiary/aromatic N) is 2. The van der Waals surface area contributed by atoms with Crippen molar-refractivity contribution in [3.63, 3.8) is 0 Å². The fourth-order valence-corrected chi connectivity index (χ4v) is 1.43. The molecular weight excluding hydrogens is 233 g/mol. The standard InChI is InChI=1S/C11H7F3N2O/c12-11(13,14)8-3-4-15-10(6-8)16-5-1-2-9(16)7-17/h1-7H. The Morgan fingerprint density at radius 1 is 1.29 bits per heavy atom. The van der Waals surface area contributed by atoms with E-state index in [-0.39, 0.29) is 11.5 Å². The van der Waals surface area contributed by atoms with Crippen LogP contribution in [-0.2, 0) is 6.18 Å². The number of aldehydes is 1. The number of carbonyl (C=O) groups excluding carboxylic acids is 1. The Morgan fingerprint density at radius 2 is 2.06 bits per heavy atom. The van der Waals surface area contributed by atoms with Crippen LogP contribution in [0.5, 0.6) is 0 Å². The van der Waals surface area contributed by atoms with Gasteiger partial charge in [-0.1, -0.05) is 0 Å². The van der Waals surface area contributed by atoms with Gasteiger partial charge in [0, 0.05) is 12.4 Å². The molecule has 6 heteroatoms. The van der Waals surface area contributed by atoms with Crippen molar-refractivity contribution in [2.24, 2.45) is 0 Å². The van der Waals surface area contributed by atoms with Gasteiger partial charge in [-0.3, -0.25) is 9.36 Å². The molecule has 0 aromatic carbocycles. The van der Waals surface area contributed by atoms with Crippen LogP contribution in [0.3, 0.4) is 0 Å². The number of halogens is 3. The molecule has 0 N–H and O–H groups in total. The zero-order valence-electron chi connectivity index (χ0n) is 8.48. The maximum atomic E-state index is 12.5. The Bertz CT molecular complexity index is 546. The van der Waals surface area contributed by atoms with Gasteiger partial charge < -0.3 is 0 Å². The first-order valence-electron chi connectivity index (χ1n) is 4.68. The summed E-state index contributed by atoms with van der Waals surface area (Å²) in [6.07, 6.45) is -1.33. The predicted octanol–water partition coefficient (Wildman–Crippen LogP) is 2.70. The fourth-order valence-electron chi connectivity index (χ4n) is 1.43. The van der Waals surface area contributed by atoms with E-state index in [1.807, 2.05) is 0 Å². The van der Waals surface area contributed by atoms with Gasteiger partial charge in [0.05, 0.1) is 11.3 Å². The van der Waals surface area contributed by atoms with E-state index in [0.717, 1.165) is 18.3 Å². The van der Waals surface area contributed by atoms with E-state index in [1.165, 1.54) is 16.8 Å². The number of rotatable bonds is 2. The lowest BCUT2D eigenvalue weighted by atomic mass is 10.2. The SMILES string of the molecule is O=Cc1cccn1-c1cc(C(F)(F)F)ccn1. The maximum absolute atomic E-state index is 12.5. The molecule has 0 aliphatic rings. The summed E-state index contributed by atoms with van der Waals surface area (Å²) in [6, 6.07) is 4.83. The number of hydrogen-bond donors (Lipinski definition) is 0. The number of alkyl halides is 3. The van der Waals surface area contributed by atoms with Crippen LogP contribution in [0, 0.1) is 0 Å². The molecule has 0 unspecified atom stereocenters. The molecule has 0 spiro atoms. The summed E-state index contributed by atoms with van der Waals surface area (Å²) in [5.74, 6) is 0.0620. The maximum Gasteiger partial charge on any atom is 0.416 e. The summed E-state index contributed by atoms with van der Waals surface area (Å²) in [6.45, 7) is 0. The monoisotopic (exact) mass is 240 g/mol. The molecule has 0 fully saturated rings. The molecule has 2 aromatic rings. The highest BCUT2D eigenvalue weighted by Crippen LogP contribution is 2.29. The van der Waals surface area contributed by atoms with E-state index in [2.05, 4.69) is 4.98 Å². The lowest BCUT2D eigenvalue weighted by Gasteiger charge is -2.09. The minimum absolute atomic E-state index is 0.0620. The third kappa shape index (κ3) is 2.20.